The molecule has 0 amide bonds. The van der Waals surface area contributed by atoms with E-state index in [1.165, 1.54) is 0 Å². The van der Waals surface area contributed by atoms with Crippen LogP contribution in [-0.4, -0.2) is 5.11 Å². The molecular weight excluding hydrogens is 404 g/mol. The van der Waals surface area contributed by atoms with Gasteiger partial charge in [-0.1, -0.05) is 127 Å². The van der Waals surface area contributed by atoms with E-state index >= 15 is 0 Å². The van der Waals surface area contributed by atoms with Crippen LogP contribution in [0, 0.1) is 0 Å². The zero-order valence-corrected chi connectivity index (χ0v) is 18.3. The molecule has 0 saturated heterocycles. The van der Waals surface area contributed by atoms with E-state index in [4.69, 9.17) is 9.84 Å². The minimum Gasteiger partial charge on any atom is -0.508 e. The molecule has 0 unspecified atom stereocenters. The molecule has 5 rings (SSSR count). The van der Waals surface area contributed by atoms with E-state index in [-0.39, 0.29) is 0 Å². The Morgan fingerprint density at radius 2 is 0.697 bits per heavy atom. The summed E-state index contributed by atoms with van der Waals surface area (Å²) >= 11 is 0. The summed E-state index contributed by atoms with van der Waals surface area (Å²) in [7, 11) is 0. The molecule has 162 valence electrons. The SMILES string of the molecule is Oc1ccccc1.c1ccc(OC(c2ccccc2)(c2ccccc2)c2ccccc2)cc1. The monoisotopic (exact) mass is 430 g/mol. The second kappa shape index (κ2) is 10.8. The molecule has 33 heavy (non-hydrogen) atoms. The lowest BCUT2D eigenvalue weighted by molar-refractivity contribution is 0.155. The zero-order valence-electron chi connectivity index (χ0n) is 18.3. The fraction of sp³-hybridized carbons (Fsp3) is 0.0323. The minimum atomic E-state index is -0.717. The third-order valence-corrected chi connectivity index (χ3v) is 5.31. The van der Waals surface area contributed by atoms with Crippen LogP contribution in [0.2, 0.25) is 0 Å². The number of hydrogen-bond acceptors (Lipinski definition) is 2. The molecular formula is C31H26O2. The number of rotatable bonds is 5. The Morgan fingerprint density at radius 3 is 1.00 bits per heavy atom. The molecule has 0 aliphatic rings. The summed E-state index contributed by atoms with van der Waals surface area (Å²) in [6.07, 6.45) is 0. The molecule has 5 aromatic rings. The Kier molecular flexibility index (Phi) is 7.19. The topological polar surface area (TPSA) is 29.5 Å². The summed E-state index contributed by atoms with van der Waals surface area (Å²) in [6.45, 7) is 0. The van der Waals surface area contributed by atoms with Gasteiger partial charge in [-0.2, -0.15) is 0 Å². The van der Waals surface area contributed by atoms with Gasteiger partial charge in [-0.05, 0) is 24.3 Å². The molecule has 0 bridgehead atoms. The van der Waals surface area contributed by atoms with Crippen LogP contribution >= 0.6 is 0 Å². The molecule has 0 fully saturated rings. The van der Waals surface area contributed by atoms with Crippen LogP contribution < -0.4 is 4.74 Å². The highest BCUT2D eigenvalue weighted by Gasteiger charge is 2.38. The number of para-hydroxylation sites is 2. The molecule has 0 aliphatic heterocycles. The highest BCUT2D eigenvalue weighted by molar-refractivity contribution is 5.49. The quantitative estimate of drug-likeness (QED) is 0.293. The summed E-state index contributed by atoms with van der Waals surface area (Å²) < 4.78 is 6.76. The predicted octanol–water partition coefficient (Wildman–Crippen LogP) is 7.45. The number of aromatic hydroxyl groups is 1. The number of hydrogen-bond donors (Lipinski definition) is 1. The van der Waals surface area contributed by atoms with Gasteiger partial charge < -0.3 is 9.84 Å². The molecule has 0 atom stereocenters. The lowest BCUT2D eigenvalue weighted by atomic mass is 9.80. The van der Waals surface area contributed by atoms with Crippen molar-refractivity contribution in [3.05, 3.63) is 168 Å². The Balaban J connectivity index is 0.000000318. The maximum absolute atomic E-state index is 8.63. The van der Waals surface area contributed by atoms with Crippen molar-refractivity contribution < 1.29 is 9.84 Å². The number of benzene rings is 5. The van der Waals surface area contributed by atoms with Crippen LogP contribution in [0.5, 0.6) is 11.5 Å². The van der Waals surface area contributed by atoms with Gasteiger partial charge in [-0.3, -0.25) is 0 Å². The molecule has 1 N–H and O–H groups in total. The van der Waals surface area contributed by atoms with Crippen LogP contribution in [0.1, 0.15) is 16.7 Å². The lowest BCUT2D eigenvalue weighted by Gasteiger charge is -2.36. The van der Waals surface area contributed by atoms with Gasteiger partial charge in [-0.25, -0.2) is 0 Å². The first kappa shape index (κ1) is 21.9. The third kappa shape index (κ3) is 5.31. The average Bonchev–Trinajstić information content (AvgIpc) is 2.90. The molecule has 2 heteroatoms. The summed E-state index contributed by atoms with van der Waals surface area (Å²) in [5.41, 5.74) is 2.58. The normalized spacial score (nSPS) is 10.5. The summed E-state index contributed by atoms with van der Waals surface area (Å²) in [4.78, 5) is 0. The Labute approximate surface area is 195 Å². The molecule has 0 heterocycles. The van der Waals surface area contributed by atoms with Gasteiger partial charge in [0.25, 0.3) is 0 Å². The van der Waals surface area contributed by atoms with Gasteiger partial charge in [-0.15, -0.1) is 0 Å². The largest absolute Gasteiger partial charge is 0.508 e. The van der Waals surface area contributed by atoms with Crippen LogP contribution in [0.4, 0.5) is 0 Å². The minimum absolute atomic E-state index is 0.322. The van der Waals surface area contributed by atoms with Gasteiger partial charge >= 0.3 is 0 Å². The van der Waals surface area contributed by atoms with Crippen molar-refractivity contribution in [1.82, 2.24) is 0 Å². The van der Waals surface area contributed by atoms with E-state index in [0.29, 0.717) is 5.75 Å². The van der Waals surface area contributed by atoms with Crippen molar-refractivity contribution in [3.63, 3.8) is 0 Å². The summed E-state index contributed by atoms with van der Waals surface area (Å²) in [5.74, 6) is 1.16. The van der Waals surface area contributed by atoms with Crippen molar-refractivity contribution in [1.29, 1.82) is 0 Å². The molecule has 2 nitrogen and oxygen atoms in total. The second-order valence-corrected chi connectivity index (χ2v) is 7.53. The highest BCUT2D eigenvalue weighted by Crippen LogP contribution is 2.40. The first-order valence-electron chi connectivity index (χ1n) is 10.9. The molecule has 0 spiro atoms. The Morgan fingerprint density at radius 1 is 0.394 bits per heavy atom. The van der Waals surface area contributed by atoms with E-state index in [0.717, 1.165) is 22.4 Å². The molecule has 0 radical (unpaired) electrons. The van der Waals surface area contributed by atoms with Gasteiger partial charge in [0.15, 0.2) is 5.60 Å². The standard InChI is InChI=1S/C25H20O.C6H6O/c1-5-13-21(14-6-1)25(22-15-7-2-8-16-22,23-17-9-3-10-18-23)26-24-19-11-4-12-20-24;7-6-4-2-1-3-5-6/h1-20H;1-5,7H. The Bertz CT molecular complexity index is 1110. The van der Waals surface area contributed by atoms with E-state index < -0.39 is 5.60 Å². The fourth-order valence-corrected chi connectivity index (χ4v) is 3.79. The van der Waals surface area contributed by atoms with Gasteiger partial charge in [0.05, 0.1) is 0 Å². The van der Waals surface area contributed by atoms with Crippen molar-refractivity contribution in [2.75, 3.05) is 0 Å². The second-order valence-electron chi connectivity index (χ2n) is 7.53. The first-order chi connectivity index (χ1) is 16.3. The average molecular weight is 431 g/mol. The van der Waals surface area contributed by atoms with Gasteiger partial charge in [0.1, 0.15) is 11.5 Å². The van der Waals surface area contributed by atoms with Crippen LogP contribution in [0.25, 0.3) is 0 Å². The maximum atomic E-state index is 8.63. The van der Waals surface area contributed by atoms with E-state index in [1.807, 2.05) is 54.6 Å². The Hall–Kier alpha value is -4.30. The van der Waals surface area contributed by atoms with Crippen LogP contribution in [-0.2, 0) is 5.60 Å². The maximum Gasteiger partial charge on any atom is 0.184 e. The van der Waals surface area contributed by atoms with Gasteiger partial charge in [0, 0.05) is 16.7 Å². The first-order valence-corrected chi connectivity index (χ1v) is 10.9. The van der Waals surface area contributed by atoms with Crippen molar-refractivity contribution >= 4 is 0 Å². The summed E-state index contributed by atoms with van der Waals surface area (Å²) in [6, 6.07) is 50.0. The molecule has 0 saturated carbocycles. The molecule has 0 aromatic heterocycles. The molecule has 0 aliphatic carbocycles. The number of phenolic OH excluding ortho intramolecular Hbond substituents is 1. The number of ether oxygens (including phenoxy) is 1. The van der Waals surface area contributed by atoms with Crippen molar-refractivity contribution in [3.8, 4) is 11.5 Å². The van der Waals surface area contributed by atoms with Crippen LogP contribution in [0.3, 0.4) is 0 Å². The van der Waals surface area contributed by atoms with E-state index in [1.54, 1.807) is 24.3 Å². The predicted molar refractivity (Wildman–Crippen MR) is 134 cm³/mol. The van der Waals surface area contributed by atoms with Gasteiger partial charge in [0.2, 0.25) is 0 Å². The molecule has 5 aromatic carbocycles. The van der Waals surface area contributed by atoms with E-state index in [9.17, 15) is 0 Å². The number of phenols is 1. The van der Waals surface area contributed by atoms with Crippen molar-refractivity contribution in [2.24, 2.45) is 0 Å². The van der Waals surface area contributed by atoms with Crippen LogP contribution in [0.15, 0.2) is 152 Å². The lowest BCUT2D eigenvalue weighted by Crippen LogP contribution is -2.36. The van der Waals surface area contributed by atoms with Crippen molar-refractivity contribution in [2.45, 2.75) is 5.60 Å². The fourth-order valence-electron chi connectivity index (χ4n) is 3.79. The third-order valence-electron chi connectivity index (χ3n) is 5.31. The smallest absolute Gasteiger partial charge is 0.184 e. The highest BCUT2D eigenvalue weighted by atomic mass is 16.5. The zero-order chi connectivity index (χ0) is 22.8. The van der Waals surface area contributed by atoms with E-state index in [2.05, 4.69) is 72.8 Å². The summed E-state index contributed by atoms with van der Waals surface area (Å²) in [5, 5.41) is 8.63.